The van der Waals surface area contributed by atoms with Gasteiger partial charge < -0.3 is 4.74 Å². The minimum atomic E-state index is -0.0632. The van der Waals surface area contributed by atoms with Crippen LogP contribution in [0.3, 0.4) is 0 Å². The van der Waals surface area contributed by atoms with Gasteiger partial charge in [-0.25, -0.2) is 0 Å². The van der Waals surface area contributed by atoms with E-state index in [1.165, 1.54) is 5.69 Å². The Morgan fingerprint density at radius 2 is 2.07 bits per heavy atom. The highest BCUT2D eigenvalue weighted by atomic mass is 16.5. The molecule has 0 bridgehead atoms. The summed E-state index contributed by atoms with van der Waals surface area (Å²) in [5, 5.41) is 4.41. The van der Waals surface area contributed by atoms with Gasteiger partial charge in [-0.15, -0.1) is 0 Å². The average molecular weight is 196 g/mol. The van der Waals surface area contributed by atoms with Gasteiger partial charge in [0.05, 0.1) is 11.3 Å². The van der Waals surface area contributed by atoms with Gasteiger partial charge in [-0.05, 0) is 40.2 Å². The van der Waals surface area contributed by atoms with Gasteiger partial charge in [0, 0.05) is 19.3 Å². The van der Waals surface area contributed by atoms with Crippen LogP contribution >= 0.6 is 0 Å². The number of hydrogen-bond donors (Lipinski definition) is 0. The maximum Gasteiger partial charge on any atom is 0.0640 e. The van der Waals surface area contributed by atoms with Crippen LogP contribution in [0.15, 0.2) is 6.07 Å². The molecule has 0 aliphatic rings. The molecule has 3 heteroatoms. The number of aromatic nitrogens is 2. The van der Waals surface area contributed by atoms with Gasteiger partial charge in [0.2, 0.25) is 0 Å². The summed E-state index contributed by atoms with van der Waals surface area (Å²) in [4.78, 5) is 0. The molecule has 0 aromatic carbocycles. The highest BCUT2D eigenvalue weighted by molar-refractivity contribution is 5.06. The standard InChI is InChI=1S/C11H20N2O/c1-9-8-10(2)13(12-9)7-6-11(3,4)14-5/h8H,6-7H2,1-5H3. The van der Waals surface area contributed by atoms with Gasteiger partial charge in [-0.3, -0.25) is 4.68 Å². The zero-order valence-electron chi connectivity index (χ0n) is 9.79. The van der Waals surface area contributed by atoms with E-state index >= 15 is 0 Å². The second-order valence-corrected chi connectivity index (χ2v) is 4.36. The largest absolute Gasteiger partial charge is 0.379 e. The Kier molecular flexibility index (Phi) is 3.32. The van der Waals surface area contributed by atoms with E-state index in [-0.39, 0.29) is 5.60 Å². The van der Waals surface area contributed by atoms with E-state index in [9.17, 15) is 0 Å². The molecule has 3 nitrogen and oxygen atoms in total. The Labute approximate surface area is 86.1 Å². The summed E-state index contributed by atoms with van der Waals surface area (Å²) in [6.45, 7) is 9.21. The van der Waals surface area contributed by atoms with Crippen LogP contribution in [0.25, 0.3) is 0 Å². The van der Waals surface area contributed by atoms with Crippen molar-refractivity contribution in [3.05, 3.63) is 17.5 Å². The molecule has 0 aliphatic carbocycles. The Morgan fingerprint density at radius 3 is 2.50 bits per heavy atom. The van der Waals surface area contributed by atoms with E-state index in [0.717, 1.165) is 18.7 Å². The molecule has 80 valence electrons. The summed E-state index contributed by atoms with van der Waals surface area (Å²) >= 11 is 0. The van der Waals surface area contributed by atoms with Crippen LogP contribution in [0.1, 0.15) is 31.7 Å². The Bertz CT molecular complexity index is 302. The van der Waals surface area contributed by atoms with Crippen molar-refractivity contribution in [3.63, 3.8) is 0 Å². The van der Waals surface area contributed by atoms with Crippen LogP contribution in [-0.2, 0) is 11.3 Å². The fourth-order valence-electron chi connectivity index (χ4n) is 1.38. The normalized spacial score (nSPS) is 12.1. The molecule has 0 fully saturated rings. The lowest BCUT2D eigenvalue weighted by molar-refractivity contribution is 0.0112. The van der Waals surface area contributed by atoms with Crippen LogP contribution < -0.4 is 0 Å². The second kappa shape index (κ2) is 4.13. The molecular weight excluding hydrogens is 176 g/mol. The minimum absolute atomic E-state index is 0.0632. The number of hydrogen-bond acceptors (Lipinski definition) is 2. The molecule has 0 aliphatic heterocycles. The molecule has 0 unspecified atom stereocenters. The molecule has 0 saturated heterocycles. The van der Waals surface area contributed by atoms with Crippen molar-refractivity contribution >= 4 is 0 Å². The van der Waals surface area contributed by atoms with Crippen LogP contribution in [0.2, 0.25) is 0 Å². The quantitative estimate of drug-likeness (QED) is 0.739. The van der Waals surface area contributed by atoms with Crippen LogP contribution in [0.5, 0.6) is 0 Å². The molecule has 1 heterocycles. The third kappa shape index (κ3) is 2.84. The number of nitrogens with zero attached hydrogens (tertiary/aromatic N) is 2. The smallest absolute Gasteiger partial charge is 0.0640 e. The predicted octanol–water partition coefficient (Wildman–Crippen LogP) is 2.32. The van der Waals surface area contributed by atoms with Crippen molar-refractivity contribution in [2.45, 2.75) is 46.3 Å². The molecule has 1 aromatic heterocycles. The van der Waals surface area contributed by atoms with Gasteiger partial charge in [0.15, 0.2) is 0 Å². The average Bonchev–Trinajstić information content (AvgIpc) is 2.42. The maximum atomic E-state index is 5.36. The summed E-state index contributed by atoms with van der Waals surface area (Å²) in [6.07, 6.45) is 0.978. The van der Waals surface area contributed by atoms with E-state index < -0.39 is 0 Å². The van der Waals surface area contributed by atoms with Crippen molar-refractivity contribution < 1.29 is 4.74 Å². The Morgan fingerprint density at radius 1 is 1.43 bits per heavy atom. The SMILES string of the molecule is COC(C)(C)CCn1nc(C)cc1C. The number of ether oxygens (including phenoxy) is 1. The first kappa shape index (κ1) is 11.2. The number of aryl methyl sites for hydroxylation is 3. The summed E-state index contributed by atoms with van der Waals surface area (Å²) in [6, 6.07) is 2.10. The van der Waals surface area contributed by atoms with Crippen LogP contribution in [0.4, 0.5) is 0 Å². The van der Waals surface area contributed by atoms with Gasteiger partial charge in [0.1, 0.15) is 0 Å². The molecule has 0 amide bonds. The fraction of sp³-hybridized carbons (Fsp3) is 0.727. The van der Waals surface area contributed by atoms with Gasteiger partial charge in [-0.2, -0.15) is 5.10 Å². The van der Waals surface area contributed by atoms with E-state index in [4.69, 9.17) is 4.74 Å². The topological polar surface area (TPSA) is 27.1 Å². The molecule has 0 N–H and O–H groups in total. The second-order valence-electron chi connectivity index (χ2n) is 4.36. The van der Waals surface area contributed by atoms with E-state index in [1.807, 2.05) is 11.6 Å². The molecule has 14 heavy (non-hydrogen) atoms. The molecule has 1 rings (SSSR count). The van der Waals surface area contributed by atoms with Crippen molar-refractivity contribution in [2.24, 2.45) is 0 Å². The zero-order valence-corrected chi connectivity index (χ0v) is 9.79. The zero-order chi connectivity index (χ0) is 10.8. The van der Waals surface area contributed by atoms with Gasteiger partial charge in [0.25, 0.3) is 0 Å². The third-order valence-corrected chi connectivity index (χ3v) is 2.58. The molecule has 0 saturated carbocycles. The first-order chi connectivity index (χ1) is 6.44. The van der Waals surface area contributed by atoms with E-state index in [1.54, 1.807) is 7.11 Å². The lowest BCUT2D eigenvalue weighted by atomic mass is 10.1. The lowest BCUT2D eigenvalue weighted by Crippen LogP contribution is -2.25. The Balaban J connectivity index is 2.58. The molecular formula is C11H20N2O. The predicted molar refractivity (Wildman–Crippen MR) is 57.4 cm³/mol. The Hall–Kier alpha value is -0.830. The molecule has 0 spiro atoms. The first-order valence-corrected chi connectivity index (χ1v) is 5.01. The fourth-order valence-corrected chi connectivity index (χ4v) is 1.38. The maximum absolute atomic E-state index is 5.36. The van der Waals surface area contributed by atoms with E-state index in [0.29, 0.717) is 0 Å². The van der Waals surface area contributed by atoms with Crippen LogP contribution in [0, 0.1) is 13.8 Å². The summed E-state index contributed by atoms with van der Waals surface area (Å²) in [5.41, 5.74) is 2.24. The first-order valence-electron chi connectivity index (χ1n) is 5.01. The van der Waals surface area contributed by atoms with Gasteiger partial charge in [-0.1, -0.05) is 0 Å². The van der Waals surface area contributed by atoms with Crippen molar-refractivity contribution in [2.75, 3.05) is 7.11 Å². The number of methoxy groups -OCH3 is 1. The van der Waals surface area contributed by atoms with Crippen molar-refractivity contribution in [1.82, 2.24) is 9.78 Å². The van der Waals surface area contributed by atoms with Crippen molar-refractivity contribution in [1.29, 1.82) is 0 Å². The summed E-state index contributed by atoms with van der Waals surface area (Å²) in [5.74, 6) is 0. The lowest BCUT2D eigenvalue weighted by Gasteiger charge is -2.22. The minimum Gasteiger partial charge on any atom is -0.379 e. The van der Waals surface area contributed by atoms with E-state index in [2.05, 4.69) is 31.9 Å². The van der Waals surface area contributed by atoms with Gasteiger partial charge >= 0.3 is 0 Å². The summed E-state index contributed by atoms with van der Waals surface area (Å²) in [7, 11) is 1.75. The summed E-state index contributed by atoms with van der Waals surface area (Å²) < 4.78 is 7.40. The highest BCUT2D eigenvalue weighted by Crippen LogP contribution is 2.14. The monoisotopic (exact) mass is 196 g/mol. The van der Waals surface area contributed by atoms with Crippen molar-refractivity contribution in [3.8, 4) is 0 Å². The van der Waals surface area contributed by atoms with Crippen LogP contribution in [-0.4, -0.2) is 22.5 Å². The molecule has 1 aromatic rings. The third-order valence-electron chi connectivity index (χ3n) is 2.58. The number of rotatable bonds is 4. The highest BCUT2D eigenvalue weighted by Gasteiger charge is 2.16. The molecule has 0 radical (unpaired) electrons. The molecule has 0 atom stereocenters.